The van der Waals surface area contributed by atoms with Gasteiger partial charge in [0.15, 0.2) is 0 Å². The number of anilines is 2. The van der Waals surface area contributed by atoms with Gasteiger partial charge in [-0.25, -0.2) is 9.59 Å². The van der Waals surface area contributed by atoms with Crippen LogP contribution in [0.25, 0.3) is 0 Å². The van der Waals surface area contributed by atoms with E-state index in [0.29, 0.717) is 29.4 Å². The van der Waals surface area contributed by atoms with Gasteiger partial charge in [0, 0.05) is 6.54 Å². The Morgan fingerprint density at radius 1 is 0.833 bits per heavy atom. The summed E-state index contributed by atoms with van der Waals surface area (Å²) in [6, 6.07) is 12.9. The zero-order valence-corrected chi connectivity index (χ0v) is 25.1. The molecule has 2 heterocycles. The van der Waals surface area contributed by atoms with Crippen LogP contribution in [-0.2, 0) is 19.1 Å². The van der Waals surface area contributed by atoms with Gasteiger partial charge in [0.2, 0.25) is 0 Å². The Bertz CT molecular complexity index is 1280. The number of benzene rings is 2. The van der Waals surface area contributed by atoms with Crippen molar-refractivity contribution in [2.24, 2.45) is 0 Å². The summed E-state index contributed by atoms with van der Waals surface area (Å²) in [5, 5.41) is 7.80. The van der Waals surface area contributed by atoms with Gasteiger partial charge in [-0.05, 0) is 72.7 Å². The number of hydrogen-bond donors (Lipinski definition) is 3. The predicted octanol–water partition coefficient (Wildman–Crippen LogP) is 4.24. The van der Waals surface area contributed by atoms with E-state index in [4.69, 9.17) is 18.9 Å². The zero-order chi connectivity index (χ0) is 31.1. The van der Waals surface area contributed by atoms with Crippen LogP contribution in [-0.4, -0.2) is 67.0 Å². The monoisotopic (exact) mass is 584 g/mol. The molecule has 2 aliphatic heterocycles. The van der Waals surface area contributed by atoms with Crippen LogP contribution in [0.4, 0.5) is 21.0 Å². The number of amides is 4. The normalized spacial score (nSPS) is 18.1. The second-order valence-corrected chi connectivity index (χ2v) is 11.6. The van der Waals surface area contributed by atoms with E-state index in [1.165, 1.54) is 0 Å². The van der Waals surface area contributed by atoms with Crippen LogP contribution in [0, 0.1) is 0 Å². The summed E-state index contributed by atoms with van der Waals surface area (Å²) < 4.78 is 21.5. The van der Waals surface area contributed by atoms with Crippen LogP contribution < -0.4 is 30.3 Å². The summed E-state index contributed by atoms with van der Waals surface area (Å²) in [5.74, 6) is 0.666. The van der Waals surface area contributed by atoms with Crippen molar-refractivity contribution < 1.29 is 38.1 Å². The molecule has 12 heteroatoms. The van der Waals surface area contributed by atoms with Gasteiger partial charge in [0.25, 0.3) is 11.8 Å². The van der Waals surface area contributed by atoms with Crippen molar-refractivity contribution in [3.8, 4) is 11.5 Å². The molecular weight excluding hydrogens is 544 g/mol. The molecule has 0 unspecified atom stereocenters. The topological polar surface area (TPSA) is 145 Å². The fourth-order valence-electron chi connectivity index (χ4n) is 3.95. The van der Waals surface area contributed by atoms with Crippen LogP contribution >= 0.6 is 0 Å². The largest absolute Gasteiger partial charge is 0.489 e. The van der Waals surface area contributed by atoms with Crippen molar-refractivity contribution in [2.45, 2.75) is 71.8 Å². The quantitative estimate of drug-likeness (QED) is 0.486. The molecule has 4 amide bonds. The Kier molecular flexibility index (Phi) is 10.3. The molecule has 228 valence electrons. The molecule has 0 saturated carbocycles. The number of likely N-dealkylation sites (N-methyl/N-ethyl adjacent to an activating group) is 1. The number of rotatable bonds is 3. The van der Waals surface area contributed by atoms with Gasteiger partial charge in [-0.15, -0.1) is 0 Å². The third kappa shape index (κ3) is 9.28. The number of hydrogen-bond acceptors (Lipinski definition) is 8. The first-order valence-corrected chi connectivity index (χ1v) is 13.7. The Balaban J connectivity index is 0.000000231. The van der Waals surface area contributed by atoms with Crippen LogP contribution in [0.5, 0.6) is 11.5 Å². The third-order valence-corrected chi connectivity index (χ3v) is 5.69. The molecule has 2 aromatic carbocycles. The highest BCUT2D eigenvalue weighted by molar-refractivity contribution is 6.00. The van der Waals surface area contributed by atoms with E-state index < -0.39 is 35.5 Å². The van der Waals surface area contributed by atoms with Crippen LogP contribution in [0.2, 0.25) is 0 Å². The van der Waals surface area contributed by atoms with Gasteiger partial charge in [-0.3, -0.25) is 9.59 Å². The third-order valence-electron chi connectivity index (χ3n) is 5.69. The number of carbonyl (C=O) groups excluding carboxylic acids is 4. The molecule has 12 nitrogen and oxygen atoms in total. The van der Waals surface area contributed by atoms with Crippen LogP contribution in [0.15, 0.2) is 48.5 Å². The second-order valence-electron chi connectivity index (χ2n) is 11.6. The van der Waals surface area contributed by atoms with E-state index in [0.717, 1.165) is 0 Å². The van der Waals surface area contributed by atoms with E-state index in [1.54, 1.807) is 70.7 Å². The molecular formula is C30H40N4O8. The number of para-hydroxylation sites is 4. The smallest absolute Gasteiger partial charge is 0.408 e. The lowest BCUT2D eigenvalue weighted by Crippen LogP contribution is -2.51. The second kappa shape index (κ2) is 13.5. The molecule has 0 aliphatic carbocycles. The van der Waals surface area contributed by atoms with E-state index in [-0.39, 0.29) is 25.0 Å². The lowest BCUT2D eigenvalue weighted by Gasteiger charge is -2.25. The summed E-state index contributed by atoms with van der Waals surface area (Å²) in [5.41, 5.74) is 0.0656. The number of alkyl carbamates (subject to hydrolysis) is 2. The zero-order valence-electron chi connectivity index (χ0n) is 25.1. The van der Waals surface area contributed by atoms with Gasteiger partial charge in [-0.2, -0.15) is 0 Å². The average molecular weight is 585 g/mol. The van der Waals surface area contributed by atoms with Gasteiger partial charge in [0.1, 0.15) is 48.0 Å². The molecule has 42 heavy (non-hydrogen) atoms. The number of carbonyl (C=O) groups is 4. The van der Waals surface area contributed by atoms with Crippen molar-refractivity contribution in [3.05, 3.63) is 48.5 Å². The maximum Gasteiger partial charge on any atom is 0.408 e. The molecule has 2 aliphatic rings. The van der Waals surface area contributed by atoms with Crippen molar-refractivity contribution >= 4 is 35.4 Å². The van der Waals surface area contributed by atoms with Crippen molar-refractivity contribution in [3.63, 3.8) is 0 Å². The summed E-state index contributed by atoms with van der Waals surface area (Å²) in [7, 11) is 0. The molecule has 4 rings (SSSR count). The summed E-state index contributed by atoms with van der Waals surface area (Å²) >= 11 is 0. The maximum absolute atomic E-state index is 12.6. The van der Waals surface area contributed by atoms with Crippen LogP contribution in [0.3, 0.4) is 0 Å². The molecule has 0 aromatic heterocycles. The van der Waals surface area contributed by atoms with E-state index in [9.17, 15) is 19.2 Å². The Morgan fingerprint density at radius 3 is 1.93 bits per heavy atom. The predicted molar refractivity (Wildman–Crippen MR) is 157 cm³/mol. The number of nitrogens with one attached hydrogen (secondary N) is 3. The average Bonchev–Trinajstić information content (AvgIpc) is 3.12. The lowest BCUT2D eigenvalue weighted by atomic mass is 10.2. The lowest BCUT2D eigenvalue weighted by molar-refractivity contribution is -0.121. The molecule has 0 fully saturated rings. The first kappa shape index (κ1) is 32.0. The highest BCUT2D eigenvalue weighted by Gasteiger charge is 2.33. The van der Waals surface area contributed by atoms with E-state index in [2.05, 4.69) is 16.0 Å². The van der Waals surface area contributed by atoms with E-state index in [1.807, 2.05) is 31.2 Å². The minimum Gasteiger partial charge on any atom is -0.489 e. The van der Waals surface area contributed by atoms with Gasteiger partial charge < -0.3 is 39.8 Å². The first-order chi connectivity index (χ1) is 19.7. The SMILES string of the molecule is CC(C)(C)OC(=O)N[C@H]1COc2ccccc2NC1=O.CCN1C(=O)[C@@H](NC(=O)OC(C)(C)C)COc2ccccc21. The summed E-state index contributed by atoms with van der Waals surface area (Å²) in [4.78, 5) is 49.8. The highest BCUT2D eigenvalue weighted by atomic mass is 16.6. The fraction of sp³-hybridized carbons (Fsp3) is 0.467. The van der Waals surface area contributed by atoms with Gasteiger partial charge >= 0.3 is 12.2 Å². The Morgan fingerprint density at radius 2 is 1.33 bits per heavy atom. The van der Waals surface area contributed by atoms with Gasteiger partial charge in [0.05, 0.1) is 11.4 Å². The van der Waals surface area contributed by atoms with Gasteiger partial charge in [-0.1, -0.05) is 24.3 Å². The van der Waals surface area contributed by atoms with Crippen LogP contribution in [0.1, 0.15) is 48.5 Å². The summed E-state index contributed by atoms with van der Waals surface area (Å²) in [6.45, 7) is 13.1. The summed E-state index contributed by atoms with van der Waals surface area (Å²) in [6.07, 6.45) is -1.27. The molecule has 0 radical (unpaired) electrons. The minimum absolute atomic E-state index is 0.0576. The molecule has 2 aromatic rings. The number of fused-ring (bicyclic) bond motifs is 2. The van der Waals surface area contributed by atoms with Crippen molar-refractivity contribution in [1.82, 2.24) is 10.6 Å². The fourth-order valence-corrected chi connectivity index (χ4v) is 3.95. The maximum atomic E-state index is 12.6. The molecule has 0 bridgehead atoms. The number of ether oxygens (including phenoxy) is 4. The molecule has 0 spiro atoms. The Labute approximate surface area is 246 Å². The van der Waals surface area contributed by atoms with Crippen molar-refractivity contribution in [1.29, 1.82) is 0 Å². The standard InChI is InChI=1S/C16H22N2O4.C14H18N2O4/c1-5-18-12-8-6-7-9-13(12)21-10-11(14(18)19)17-15(20)22-16(2,3)4;1-14(2,3)20-13(18)16-10-8-19-11-7-5-4-6-9(11)15-12(10)17/h6-9,11H,5,10H2,1-4H3,(H,17,20);4-7,10H,8H2,1-3H3,(H,15,17)(H,16,18)/t11-;10-/m00/s1. The van der Waals surface area contributed by atoms with E-state index >= 15 is 0 Å². The molecule has 2 atom stereocenters. The molecule has 0 saturated heterocycles. The highest BCUT2D eigenvalue weighted by Crippen LogP contribution is 2.31. The molecule has 3 N–H and O–H groups in total. The first-order valence-electron chi connectivity index (χ1n) is 13.7. The Hall–Kier alpha value is -4.48. The minimum atomic E-state index is -0.794. The van der Waals surface area contributed by atoms with Crippen molar-refractivity contribution in [2.75, 3.05) is 30.0 Å². The number of nitrogens with zero attached hydrogens (tertiary/aromatic N) is 1.